The molecule has 0 bridgehead atoms. The van der Waals surface area contributed by atoms with Gasteiger partial charge in [-0.05, 0) is 36.1 Å². The molecule has 136 valence electrons. The molecule has 2 aromatic rings. The zero-order valence-electron chi connectivity index (χ0n) is 15.4. The van der Waals surface area contributed by atoms with Crippen LogP contribution in [0.2, 0.25) is 0 Å². The lowest BCUT2D eigenvalue weighted by Crippen LogP contribution is -2.41. The topological polar surface area (TPSA) is 58.6 Å². The third kappa shape index (κ3) is 3.72. The zero-order valence-corrected chi connectivity index (χ0v) is 15.4. The van der Waals surface area contributed by atoms with Crippen LogP contribution >= 0.6 is 0 Å². The summed E-state index contributed by atoms with van der Waals surface area (Å²) in [5, 5.41) is 2.76. The average molecular weight is 352 g/mol. The Hall–Kier alpha value is -2.82. The number of hydrogen-bond donors (Lipinski definition) is 1. The van der Waals surface area contributed by atoms with Crippen molar-refractivity contribution in [2.24, 2.45) is 0 Å². The fourth-order valence-electron chi connectivity index (χ4n) is 3.35. The first kappa shape index (κ1) is 18.0. The van der Waals surface area contributed by atoms with Crippen molar-refractivity contribution in [2.75, 3.05) is 20.2 Å². The first-order chi connectivity index (χ1) is 12.5. The van der Waals surface area contributed by atoms with Crippen molar-refractivity contribution in [1.82, 2.24) is 10.2 Å². The number of carbonyl (C=O) groups is 2. The maximum Gasteiger partial charge on any atom is 0.409 e. The van der Waals surface area contributed by atoms with Crippen molar-refractivity contribution in [3.05, 3.63) is 59.7 Å². The molecular weight excluding hydrogens is 328 g/mol. The van der Waals surface area contributed by atoms with Crippen LogP contribution in [0.15, 0.2) is 48.5 Å². The van der Waals surface area contributed by atoms with Crippen LogP contribution in [-0.2, 0) is 9.53 Å². The van der Waals surface area contributed by atoms with Gasteiger partial charge in [-0.25, -0.2) is 4.79 Å². The van der Waals surface area contributed by atoms with E-state index < -0.39 is 6.09 Å². The molecule has 1 N–H and O–H groups in total. The molecule has 0 aromatic heterocycles. The normalized spacial score (nSPS) is 12.5. The highest BCUT2D eigenvalue weighted by atomic mass is 16.6. The number of hydrogen-bond acceptors (Lipinski definition) is 3. The van der Waals surface area contributed by atoms with E-state index in [2.05, 4.69) is 29.6 Å². The number of ether oxygens (including phenoxy) is 1. The molecule has 0 unspecified atom stereocenters. The Morgan fingerprint density at radius 3 is 2.12 bits per heavy atom. The summed E-state index contributed by atoms with van der Waals surface area (Å²) in [7, 11) is 1.57. The minimum atomic E-state index is -0.495. The summed E-state index contributed by atoms with van der Waals surface area (Å²) >= 11 is 0. The van der Waals surface area contributed by atoms with E-state index >= 15 is 0 Å². The second kappa shape index (κ2) is 7.60. The fourth-order valence-corrected chi connectivity index (χ4v) is 3.35. The van der Waals surface area contributed by atoms with Crippen molar-refractivity contribution in [2.45, 2.75) is 25.8 Å². The maximum atomic E-state index is 12.3. The molecule has 5 heteroatoms. The lowest BCUT2D eigenvalue weighted by Gasteiger charge is -2.20. The third-order valence-electron chi connectivity index (χ3n) is 4.48. The second-order valence-electron chi connectivity index (χ2n) is 6.88. The summed E-state index contributed by atoms with van der Waals surface area (Å²) < 4.78 is 5.51. The van der Waals surface area contributed by atoms with Gasteiger partial charge in [-0.3, -0.25) is 4.79 Å². The van der Waals surface area contributed by atoms with E-state index in [-0.39, 0.29) is 31.0 Å². The van der Waals surface area contributed by atoms with Crippen molar-refractivity contribution >= 4 is 12.0 Å². The number of amides is 2. The molecule has 1 aliphatic rings. The molecule has 0 saturated carbocycles. The molecule has 1 aliphatic carbocycles. The Bertz CT molecular complexity index is 771. The number of likely N-dealkylation sites (N-methyl/N-ethyl adjacent to an activating group) is 1. The molecule has 3 rings (SSSR count). The van der Waals surface area contributed by atoms with E-state index in [0.717, 1.165) is 0 Å². The van der Waals surface area contributed by atoms with E-state index in [4.69, 9.17) is 4.74 Å². The smallest absolute Gasteiger partial charge is 0.409 e. The third-order valence-corrected chi connectivity index (χ3v) is 4.48. The lowest BCUT2D eigenvalue weighted by molar-refractivity contribution is -0.122. The molecule has 26 heavy (non-hydrogen) atoms. The van der Waals surface area contributed by atoms with E-state index in [1.54, 1.807) is 7.05 Å². The fraction of sp³-hybridized carbons (Fsp3) is 0.333. The highest BCUT2D eigenvalue weighted by molar-refractivity contribution is 5.82. The summed E-state index contributed by atoms with van der Waals surface area (Å²) in [6.07, 6.45) is -0.495. The van der Waals surface area contributed by atoms with Crippen LogP contribution in [0.25, 0.3) is 11.1 Å². The van der Waals surface area contributed by atoms with E-state index in [1.807, 2.05) is 38.1 Å². The van der Waals surface area contributed by atoms with Gasteiger partial charge < -0.3 is 15.0 Å². The van der Waals surface area contributed by atoms with Crippen LogP contribution in [0.3, 0.4) is 0 Å². The monoisotopic (exact) mass is 352 g/mol. The van der Waals surface area contributed by atoms with Crippen LogP contribution in [-0.4, -0.2) is 43.1 Å². The summed E-state index contributed by atoms with van der Waals surface area (Å²) in [5.41, 5.74) is 4.71. The minimum absolute atomic E-state index is 0.0178. The van der Waals surface area contributed by atoms with Crippen molar-refractivity contribution in [3.8, 4) is 11.1 Å². The van der Waals surface area contributed by atoms with E-state index in [1.165, 1.54) is 27.2 Å². The van der Waals surface area contributed by atoms with Gasteiger partial charge in [0.2, 0.25) is 5.91 Å². The quantitative estimate of drug-likeness (QED) is 0.897. The Labute approximate surface area is 154 Å². The molecule has 0 radical (unpaired) electrons. The van der Waals surface area contributed by atoms with Crippen LogP contribution < -0.4 is 5.32 Å². The Kier molecular flexibility index (Phi) is 5.26. The maximum absolute atomic E-state index is 12.3. The van der Waals surface area contributed by atoms with Crippen molar-refractivity contribution in [1.29, 1.82) is 0 Å². The van der Waals surface area contributed by atoms with Gasteiger partial charge in [0.1, 0.15) is 13.2 Å². The van der Waals surface area contributed by atoms with Crippen LogP contribution in [0, 0.1) is 0 Å². The summed E-state index contributed by atoms with van der Waals surface area (Å²) in [6, 6.07) is 16.4. The second-order valence-corrected chi connectivity index (χ2v) is 6.88. The first-order valence-corrected chi connectivity index (χ1v) is 8.83. The number of nitrogens with zero attached hydrogens (tertiary/aromatic N) is 1. The first-order valence-electron chi connectivity index (χ1n) is 8.83. The lowest BCUT2D eigenvalue weighted by atomic mass is 9.98. The highest BCUT2D eigenvalue weighted by Gasteiger charge is 2.29. The summed E-state index contributed by atoms with van der Waals surface area (Å²) in [6.45, 7) is 3.99. The largest absolute Gasteiger partial charge is 0.448 e. The summed E-state index contributed by atoms with van der Waals surface area (Å²) in [4.78, 5) is 25.4. The number of nitrogens with one attached hydrogen (secondary N) is 1. The molecule has 2 amide bonds. The number of fused-ring (bicyclic) bond motifs is 3. The Balaban J connectivity index is 1.66. The Morgan fingerprint density at radius 1 is 1.04 bits per heavy atom. The van der Waals surface area contributed by atoms with Gasteiger partial charge >= 0.3 is 6.09 Å². The minimum Gasteiger partial charge on any atom is -0.448 e. The predicted octanol–water partition coefficient (Wildman–Crippen LogP) is 3.39. The van der Waals surface area contributed by atoms with Gasteiger partial charge in [0.05, 0.1) is 0 Å². The Morgan fingerprint density at radius 2 is 1.58 bits per heavy atom. The van der Waals surface area contributed by atoms with Gasteiger partial charge in [-0.2, -0.15) is 0 Å². The number of carbonyl (C=O) groups excluding carboxylic acids is 2. The van der Waals surface area contributed by atoms with Crippen molar-refractivity contribution < 1.29 is 14.3 Å². The van der Waals surface area contributed by atoms with Crippen LogP contribution in [0.4, 0.5) is 4.79 Å². The van der Waals surface area contributed by atoms with Gasteiger partial charge in [-0.1, -0.05) is 48.5 Å². The molecule has 0 atom stereocenters. The number of benzene rings is 2. The molecule has 0 aliphatic heterocycles. The molecule has 0 spiro atoms. The SMILES string of the molecule is CC(C)NC(=O)CN(C)C(=O)OCC1c2ccccc2-c2ccccc21. The summed E-state index contributed by atoms with van der Waals surface area (Å²) in [5.74, 6) is -0.180. The highest BCUT2D eigenvalue weighted by Crippen LogP contribution is 2.44. The van der Waals surface area contributed by atoms with Gasteiger partial charge in [0.15, 0.2) is 0 Å². The molecule has 5 nitrogen and oxygen atoms in total. The molecule has 0 fully saturated rings. The van der Waals surface area contributed by atoms with E-state index in [9.17, 15) is 9.59 Å². The zero-order chi connectivity index (χ0) is 18.7. The number of rotatable bonds is 5. The van der Waals surface area contributed by atoms with Gasteiger partial charge in [0.25, 0.3) is 0 Å². The molecule has 0 heterocycles. The van der Waals surface area contributed by atoms with Gasteiger partial charge in [-0.15, -0.1) is 0 Å². The average Bonchev–Trinajstić information content (AvgIpc) is 2.93. The van der Waals surface area contributed by atoms with Crippen LogP contribution in [0.5, 0.6) is 0 Å². The predicted molar refractivity (Wildman–Crippen MR) is 101 cm³/mol. The molecule has 2 aromatic carbocycles. The van der Waals surface area contributed by atoms with Crippen LogP contribution in [0.1, 0.15) is 30.9 Å². The molecular formula is C21H24N2O3. The van der Waals surface area contributed by atoms with Gasteiger partial charge in [0, 0.05) is 19.0 Å². The van der Waals surface area contributed by atoms with E-state index in [0.29, 0.717) is 0 Å². The molecule has 0 saturated heterocycles. The standard InChI is InChI=1S/C21H24N2O3/c1-14(2)22-20(24)12-23(3)21(25)26-13-19-17-10-6-4-8-15(17)16-9-5-7-11-18(16)19/h4-11,14,19H,12-13H2,1-3H3,(H,22,24). The van der Waals surface area contributed by atoms with Crippen molar-refractivity contribution in [3.63, 3.8) is 0 Å².